The topological polar surface area (TPSA) is 74.6 Å². The maximum atomic E-state index is 10.7. The van der Waals surface area contributed by atoms with E-state index in [9.17, 15) is 9.59 Å². The van der Waals surface area contributed by atoms with Gasteiger partial charge in [-0.2, -0.15) is 0 Å². The molecule has 0 aromatic heterocycles. The number of hydrogen-bond donors (Lipinski definition) is 2. The summed E-state index contributed by atoms with van der Waals surface area (Å²) in [5, 5.41) is 17.2. The molecule has 170 valence electrons. The normalized spacial score (nSPS) is 14.2. The minimum atomic E-state index is -0.0324. The SMILES string of the molecule is C1=CCC/C=C\CC1.CC(O)=CC(=O)C(C)C.CC(O)=CC(=O)C(C)C.[CH3-].[CH3-].[Ru+2]. The largest absolute Gasteiger partial charge is 2.00 e. The molecular weight excluding hydrogens is 453 g/mol. The molecule has 0 aromatic rings. The Labute approximate surface area is 192 Å². The van der Waals surface area contributed by atoms with Gasteiger partial charge in [-0.1, -0.05) is 52.0 Å². The van der Waals surface area contributed by atoms with Crippen molar-refractivity contribution in [2.45, 2.75) is 67.2 Å². The van der Waals surface area contributed by atoms with Crippen LogP contribution in [0.25, 0.3) is 0 Å². The summed E-state index contributed by atoms with van der Waals surface area (Å²) in [7, 11) is 0. The van der Waals surface area contributed by atoms with Crippen LogP contribution in [0.2, 0.25) is 0 Å². The van der Waals surface area contributed by atoms with Crippen LogP contribution >= 0.6 is 0 Å². The van der Waals surface area contributed by atoms with Crippen LogP contribution in [-0.2, 0) is 29.1 Å². The van der Waals surface area contributed by atoms with Crippen LogP contribution in [0.5, 0.6) is 0 Å². The van der Waals surface area contributed by atoms with Gasteiger partial charge >= 0.3 is 19.5 Å². The second kappa shape index (κ2) is 24.6. The summed E-state index contributed by atoms with van der Waals surface area (Å²) in [6.45, 7) is 10.1. The summed E-state index contributed by atoms with van der Waals surface area (Å²) in [6.07, 6.45) is 16.5. The van der Waals surface area contributed by atoms with Gasteiger partial charge in [-0.15, -0.1) is 0 Å². The molecule has 0 aliphatic heterocycles. The van der Waals surface area contributed by atoms with Crippen LogP contribution in [0.1, 0.15) is 67.2 Å². The van der Waals surface area contributed by atoms with E-state index in [0.717, 1.165) is 0 Å². The smallest absolute Gasteiger partial charge is 0.512 e. The van der Waals surface area contributed by atoms with Crippen molar-refractivity contribution in [3.8, 4) is 0 Å². The van der Waals surface area contributed by atoms with E-state index in [1.54, 1.807) is 27.7 Å². The number of carbonyl (C=O) groups is 2. The van der Waals surface area contributed by atoms with Crippen molar-refractivity contribution in [2.75, 3.05) is 0 Å². The molecular formula is C24H42O4Ru. The third-order valence-electron chi connectivity index (χ3n) is 3.17. The molecule has 1 rings (SSSR count). The molecule has 0 aromatic carbocycles. The Morgan fingerprint density at radius 1 is 0.690 bits per heavy atom. The number of carbonyl (C=O) groups excluding carboxylic acids is 2. The van der Waals surface area contributed by atoms with Gasteiger partial charge in [0, 0.05) is 24.0 Å². The molecule has 1 aliphatic rings. The molecule has 0 saturated carbocycles. The molecule has 0 unspecified atom stereocenters. The zero-order chi connectivity index (χ0) is 20.5. The van der Waals surface area contributed by atoms with Crippen molar-refractivity contribution in [2.24, 2.45) is 11.8 Å². The van der Waals surface area contributed by atoms with Crippen molar-refractivity contribution < 1.29 is 39.3 Å². The molecule has 29 heavy (non-hydrogen) atoms. The van der Waals surface area contributed by atoms with E-state index in [1.807, 2.05) is 0 Å². The minimum Gasteiger partial charge on any atom is -0.512 e. The molecule has 0 heterocycles. The van der Waals surface area contributed by atoms with Gasteiger partial charge in [0.25, 0.3) is 0 Å². The van der Waals surface area contributed by atoms with E-state index in [1.165, 1.54) is 51.7 Å². The van der Waals surface area contributed by atoms with E-state index in [0.29, 0.717) is 0 Å². The van der Waals surface area contributed by atoms with E-state index >= 15 is 0 Å². The molecule has 1 aliphatic carbocycles. The summed E-state index contributed by atoms with van der Waals surface area (Å²) in [5.74, 6) is 0.0478. The Bertz CT molecular complexity index is 459. The fourth-order valence-corrected chi connectivity index (χ4v) is 1.60. The summed E-state index contributed by atoms with van der Waals surface area (Å²) < 4.78 is 0. The maximum Gasteiger partial charge on any atom is 2.00 e. The Morgan fingerprint density at radius 2 is 0.897 bits per heavy atom. The molecule has 2 N–H and O–H groups in total. The molecule has 0 saturated heterocycles. The van der Waals surface area contributed by atoms with Crippen molar-refractivity contribution in [3.63, 3.8) is 0 Å². The predicted octanol–water partition coefficient (Wildman–Crippen LogP) is 6.92. The van der Waals surface area contributed by atoms with E-state index in [-0.39, 0.29) is 69.3 Å². The average Bonchev–Trinajstić information content (AvgIpc) is 2.46. The van der Waals surface area contributed by atoms with Gasteiger partial charge in [0.1, 0.15) is 0 Å². The third kappa shape index (κ3) is 31.4. The molecule has 0 bridgehead atoms. The van der Waals surface area contributed by atoms with Gasteiger partial charge in [-0.25, -0.2) is 0 Å². The monoisotopic (exact) mass is 496 g/mol. The first-order chi connectivity index (χ1) is 12.1. The van der Waals surface area contributed by atoms with Gasteiger partial charge in [0.05, 0.1) is 11.5 Å². The standard InChI is InChI=1S/C8H12.2C7H12O2.2CH3.Ru/c1-2-4-6-8-7-5-3-1;2*1-5(2)7(9)4-6(3)8;;;/h1-2,7-8H,3-6H2;2*4-5,8H,1-3H3;2*1H3;/q;;;2*-1;+2/b2-1-,8-7?;;;;;. The van der Waals surface area contributed by atoms with Gasteiger partial charge in [0.15, 0.2) is 11.6 Å². The fraction of sp³-hybridized carbons (Fsp3) is 0.500. The number of aliphatic hydroxyl groups excluding tert-OH is 2. The van der Waals surface area contributed by atoms with Crippen LogP contribution in [-0.4, -0.2) is 21.8 Å². The van der Waals surface area contributed by atoms with Crippen molar-refractivity contribution in [3.05, 3.63) is 62.8 Å². The summed E-state index contributed by atoms with van der Waals surface area (Å²) in [5.41, 5.74) is 0. The Kier molecular flexibility index (Phi) is 32.3. The fourth-order valence-electron chi connectivity index (χ4n) is 1.60. The van der Waals surface area contributed by atoms with Crippen molar-refractivity contribution >= 4 is 11.6 Å². The quantitative estimate of drug-likeness (QED) is 0.146. The first kappa shape index (κ1) is 38.2. The van der Waals surface area contributed by atoms with Gasteiger partial charge < -0.3 is 25.1 Å². The maximum absolute atomic E-state index is 10.7. The number of ketones is 2. The number of hydrogen-bond acceptors (Lipinski definition) is 4. The van der Waals surface area contributed by atoms with Gasteiger partial charge in [-0.05, 0) is 39.5 Å². The third-order valence-corrected chi connectivity index (χ3v) is 3.17. The Hall–Kier alpha value is -1.48. The first-order valence-corrected chi connectivity index (χ1v) is 9.20. The summed E-state index contributed by atoms with van der Waals surface area (Å²) >= 11 is 0. The van der Waals surface area contributed by atoms with Crippen LogP contribution in [0.15, 0.2) is 48.0 Å². The zero-order valence-corrected chi connectivity index (χ0v) is 21.2. The van der Waals surface area contributed by atoms with Crippen molar-refractivity contribution in [1.29, 1.82) is 0 Å². The van der Waals surface area contributed by atoms with Crippen molar-refractivity contribution in [1.82, 2.24) is 0 Å². The predicted molar refractivity (Wildman–Crippen MR) is 122 cm³/mol. The second-order valence-electron chi connectivity index (χ2n) is 6.78. The summed E-state index contributed by atoms with van der Waals surface area (Å²) in [6, 6.07) is 0. The molecule has 0 radical (unpaired) electrons. The number of rotatable bonds is 4. The zero-order valence-electron chi connectivity index (χ0n) is 19.5. The van der Waals surface area contributed by atoms with E-state index in [2.05, 4.69) is 24.3 Å². The molecule has 0 fully saturated rings. The van der Waals surface area contributed by atoms with Crippen LogP contribution < -0.4 is 0 Å². The Morgan fingerprint density at radius 3 is 1.00 bits per heavy atom. The van der Waals surface area contributed by atoms with Gasteiger partial charge in [0.2, 0.25) is 0 Å². The van der Waals surface area contributed by atoms with Crippen LogP contribution in [0.3, 0.4) is 0 Å². The molecule has 4 nitrogen and oxygen atoms in total. The van der Waals surface area contributed by atoms with Crippen LogP contribution in [0.4, 0.5) is 0 Å². The van der Waals surface area contributed by atoms with E-state index < -0.39 is 0 Å². The molecule has 0 spiro atoms. The number of allylic oxidation sites excluding steroid dienone is 8. The Balaban J connectivity index is -0.0000000945. The first-order valence-electron chi connectivity index (χ1n) is 9.20. The average molecular weight is 496 g/mol. The second-order valence-corrected chi connectivity index (χ2v) is 6.78. The molecule has 0 amide bonds. The van der Waals surface area contributed by atoms with E-state index in [4.69, 9.17) is 10.2 Å². The molecule has 0 atom stereocenters. The number of aliphatic hydroxyl groups is 2. The van der Waals surface area contributed by atoms with Gasteiger partial charge in [-0.3, -0.25) is 9.59 Å². The molecule has 5 heteroatoms. The van der Waals surface area contributed by atoms with Crippen LogP contribution in [0, 0.1) is 26.7 Å². The summed E-state index contributed by atoms with van der Waals surface area (Å²) in [4.78, 5) is 21.4. The minimum absolute atomic E-state index is 0.